The summed E-state index contributed by atoms with van der Waals surface area (Å²) in [5, 5.41) is 17.6. The summed E-state index contributed by atoms with van der Waals surface area (Å²) < 4.78 is 10.7. The molecule has 1 aromatic rings. The molecular formula is C12H11NO4. The van der Waals surface area contributed by atoms with Crippen LogP contribution in [0, 0.1) is 11.3 Å². The lowest BCUT2D eigenvalue weighted by molar-refractivity contribution is 0.0694. The molecule has 0 saturated carbocycles. The largest absolute Gasteiger partial charge is 0.486 e. The number of fused-ring (bicyclic) bond motifs is 1. The van der Waals surface area contributed by atoms with E-state index in [-0.39, 0.29) is 12.0 Å². The summed E-state index contributed by atoms with van der Waals surface area (Å²) in [7, 11) is 0. The van der Waals surface area contributed by atoms with Crippen molar-refractivity contribution in [1.29, 1.82) is 5.26 Å². The van der Waals surface area contributed by atoms with Crippen LogP contribution in [0.5, 0.6) is 11.5 Å². The number of aryl methyl sites for hydroxylation is 1. The van der Waals surface area contributed by atoms with E-state index in [1.165, 1.54) is 6.07 Å². The van der Waals surface area contributed by atoms with Crippen molar-refractivity contribution in [2.24, 2.45) is 0 Å². The van der Waals surface area contributed by atoms with E-state index in [0.29, 0.717) is 36.7 Å². The first kappa shape index (κ1) is 11.3. The fraction of sp³-hybridized carbons (Fsp3) is 0.333. The maximum atomic E-state index is 11.1. The minimum absolute atomic E-state index is 0.171. The summed E-state index contributed by atoms with van der Waals surface area (Å²) in [6, 6.07) is 5.11. The SMILES string of the molecule is N#CCCc1cc2c(cc1C(=O)O)OCCO2. The number of ether oxygens (including phenoxy) is 2. The molecule has 88 valence electrons. The fourth-order valence-corrected chi connectivity index (χ4v) is 1.73. The van der Waals surface area contributed by atoms with Crippen molar-refractivity contribution >= 4 is 5.97 Å². The quantitative estimate of drug-likeness (QED) is 0.857. The third kappa shape index (κ3) is 2.31. The number of nitrogens with zero attached hydrogens (tertiary/aromatic N) is 1. The van der Waals surface area contributed by atoms with E-state index in [1.54, 1.807) is 6.07 Å². The number of benzene rings is 1. The van der Waals surface area contributed by atoms with Crippen LogP contribution in [0.2, 0.25) is 0 Å². The number of hydrogen-bond acceptors (Lipinski definition) is 4. The van der Waals surface area contributed by atoms with E-state index in [9.17, 15) is 4.79 Å². The molecule has 1 aromatic carbocycles. The molecule has 5 heteroatoms. The Balaban J connectivity index is 2.41. The summed E-state index contributed by atoms with van der Waals surface area (Å²) in [5.41, 5.74) is 0.771. The van der Waals surface area contributed by atoms with Crippen molar-refractivity contribution < 1.29 is 19.4 Å². The van der Waals surface area contributed by atoms with Crippen molar-refractivity contribution in [3.05, 3.63) is 23.3 Å². The van der Waals surface area contributed by atoms with Crippen LogP contribution in [0.3, 0.4) is 0 Å². The molecule has 0 saturated heterocycles. The Bertz CT molecular complexity index is 490. The molecule has 17 heavy (non-hydrogen) atoms. The van der Waals surface area contributed by atoms with Gasteiger partial charge in [-0.05, 0) is 24.1 Å². The van der Waals surface area contributed by atoms with Crippen LogP contribution in [0.25, 0.3) is 0 Å². The second-order valence-corrected chi connectivity index (χ2v) is 3.62. The molecule has 0 aromatic heterocycles. The zero-order chi connectivity index (χ0) is 12.3. The third-order valence-corrected chi connectivity index (χ3v) is 2.50. The molecule has 1 heterocycles. The number of carboxylic acids is 1. The minimum Gasteiger partial charge on any atom is -0.486 e. The van der Waals surface area contributed by atoms with E-state index >= 15 is 0 Å². The van der Waals surface area contributed by atoms with Gasteiger partial charge in [-0.25, -0.2) is 4.79 Å². The highest BCUT2D eigenvalue weighted by atomic mass is 16.6. The van der Waals surface area contributed by atoms with Crippen LogP contribution in [0.1, 0.15) is 22.3 Å². The van der Waals surface area contributed by atoms with Crippen molar-refractivity contribution in [3.63, 3.8) is 0 Å². The van der Waals surface area contributed by atoms with Gasteiger partial charge in [0.05, 0.1) is 11.6 Å². The van der Waals surface area contributed by atoms with Gasteiger partial charge in [0.2, 0.25) is 0 Å². The molecule has 5 nitrogen and oxygen atoms in total. The van der Waals surface area contributed by atoms with Gasteiger partial charge in [-0.1, -0.05) is 0 Å². The monoisotopic (exact) mass is 233 g/mol. The van der Waals surface area contributed by atoms with Crippen LogP contribution >= 0.6 is 0 Å². The maximum Gasteiger partial charge on any atom is 0.336 e. The highest BCUT2D eigenvalue weighted by molar-refractivity contribution is 5.90. The highest BCUT2D eigenvalue weighted by Crippen LogP contribution is 2.33. The molecule has 1 aliphatic heterocycles. The Morgan fingerprint density at radius 1 is 1.35 bits per heavy atom. The minimum atomic E-state index is -1.02. The van der Waals surface area contributed by atoms with Gasteiger partial charge in [0, 0.05) is 6.42 Å². The summed E-state index contributed by atoms with van der Waals surface area (Å²) in [4.78, 5) is 11.1. The molecule has 2 rings (SSSR count). The van der Waals surface area contributed by atoms with Crippen LogP contribution < -0.4 is 9.47 Å². The van der Waals surface area contributed by atoms with Gasteiger partial charge in [-0.2, -0.15) is 5.26 Å². The predicted molar refractivity (Wildman–Crippen MR) is 58.3 cm³/mol. The number of rotatable bonds is 3. The zero-order valence-corrected chi connectivity index (χ0v) is 9.10. The second-order valence-electron chi connectivity index (χ2n) is 3.62. The first-order chi connectivity index (χ1) is 8.22. The van der Waals surface area contributed by atoms with Crippen LogP contribution in [-0.2, 0) is 6.42 Å². The van der Waals surface area contributed by atoms with Crippen molar-refractivity contribution in [1.82, 2.24) is 0 Å². The first-order valence-corrected chi connectivity index (χ1v) is 5.25. The molecule has 0 amide bonds. The van der Waals surface area contributed by atoms with E-state index in [2.05, 4.69) is 0 Å². The van der Waals surface area contributed by atoms with Crippen molar-refractivity contribution in [2.45, 2.75) is 12.8 Å². The predicted octanol–water partition coefficient (Wildman–Crippen LogP) is 1.61. The van der Waals surface area contributed by atoms with E-state index in [1.807, 2.05) is 6.07 Å². The molecular weight excluding hydrogens is 222 g/mol. The van der Waals surface area contributed by atoms with E-state index in [0.717, 1.165) is 0 Å². The first-order valence-electron chi connectivity index (χ1n) is 5.25. The lowest BCUT2D eigenvalue weighted by Crippen LogP contribution is -2.16. The normalized spacial score (nSPS) is 12.9. The van der Waals surface area contributed by atoms with Gasteiger partial charge >= 0.3 is 5.97 Å². The number of nitriles is 1. The molecule has 0 spiro atoms. The molecule has 1 aliphatic rings. The van der Waals surface area contributed by atoms with Gasteiger partial charge in [-0.3, -0.25) is 0 Å². The van der Waals surface area contributed by atoms with Crippen molar-refractivity contribution in [3.8, 4) is 17.6 Å². The van der Waals surface area contributed by atoms with Gasteiger partial charge in [-0.15, -0.1) is 0 Å². The lowest BCUT2D eigenvalue weighted by Gasteiger charge is -2.20. The second kappa shape index (κ2) is 4.74. The molecule has 0 aliphatic carbocycles. The molecule has 0 radical (unpaired) electrons. The molecule has 0 bridgehead atoms. The number of hydrogen-bond donors (Lipinski definition) is 1. The van der Waals surface area contributed by atoms with Gasteiger partial charge in [0.25, 0.3) is 0 Å². The Morgan fingerprint density at radius 2 is 2.00 bits per heavy atom. The molecule has 0 atom stereocenters. The van der Waals surface area contributed by atoms with Gasteiger partial charge in [0.15, 0.2) is 11.5 Å². The van der Waals surface area contributed by atoms with E-state index < -0.39 is 5.97 Å². The maximum absolute atomic E-state index is 11.1. The average Bonchev–Trinajstić information content (AvgIpc) is 2.35. The summed E-state index contributed by atoms with van der Waals surface area (Å²) >= 11 is 0. The lowest BCUT2D eigenvalue weighted by atomic mass is 10.0. The molecule has 0 fully saturated rings. The number of carbonyl (C=O) groups is 1. The number of carboxylic acid groups (broad SMARTS) is 1. The zero-order valence-electron chi connectivity index (χ0n) is 9.10. The van der Waals surface area contributed by atoms with Crippen LogP contribution in [-0.4, -0.2) is 24.3 Å². The average molecular weight is 233 g/mol. The summed E-state index contributed by atoms with van der Waals surface area (Å²) in [6.45, 7) is 0.876. The molecule has 1 N–H and O–H groups in total. The fourth-order valence-electron chi connectivity index (χ4n) is 1.73. The Kier molecular flexibility index (Phi) is 3.15. The Labute approximate surface area is 98.2 Å². The smallest absolute Gasteiger partial charge is 0.336 e. The summed E-state index contributed by atoms with van der Waals surface area (Å²) in [5.74, 6) is -0.0153. The highest BCUT2D eigenvalue weighted by Gasteiger charge is 2.18. The summed E-state index contributed by atoms with van der Waals surface area (Å²) in [6.07, 6.45) is 0.675. The Hall–Kier alpha value is -2.22. The van der Waals surface area contributed by atoms with Gasteiger partial charge in [0.1, 0.15) is 13.2 Å². The van der Waals surface area contributed by atoms with Gasteiger partial charge < -0.3 is 14.6 Å². The van der Waals surface area contributed by atoms with Crippen LogP contribution in [0.15, 0.2) is 12.1 Å². The topological polar surface area (TPSA) is 79.6 Å². The van der Waals surface area contributed by atoms with Crippen LogP contribution in [0.4, 0.5) is 0 Å². The van der Waals surface area contributed by atoms with Crippen molar-refractivity contribution in [2.75, 3.05) is 13.2 Å². The number of aromatic carboxylic acids is 1. The standard InChI is InChI=1S/C12H11NO4/c13-3-1-2-8-6-10-11(17-5-4-16-10)7-9(8)12(14)15/h6-7H,1-2,4-5H2,(H,14,15). The Morgan fingerprint density at radius 3 is 2.59 bits per heavy atom. The molecule has 0 unspecified atom stereocenters. The third-order valence-electron chi connectivity index (χ3n) is 2.50. The van der Waals surface area contributed by atoms with E-state index in [4.69, 9.17) is 19.8 Å².